The first-order valence-electron chi connectivity index (χ1n) is 8.92. The molecule has 2 atom stereocenters. The van der Waals surface area contributed by atoms with Gasteiger partial charge in [-0.05, 0) is 36.8 Å². The van der Waals surface area contributed by atoms with Gasteiger partial charge in [0.25, 0.3) is 0 Å². The zero-order valence-corrected chi connectivity index (χ0v) is 17.7. The second kappa shape index (κ2) is 7.83. The summed E-state index contributed by atoms with van der Waals surface area (Å²) in [5.41, 5.74) is -1.17. The van der Waals surface area contributed by atoms with Crippen molar-refractivity contribution < 1.29 is 39.9 Å². The van der Waals surface area contributed by atoms with Crippen LogP contribution in [0.4, 0.5) is 18.9 Å². The molecular formula is C19H18F3NO6S2. The van der Waals surface area contributed by atoms with Crippen molar-refractivity contribution >= 4 is 31.3 Å². The van der Waals surface area contributed by atoms with Gasteiger partial charge in [0.2, 0.25) is 0 Å². The second-order valence-corrected chi connectivity index (χ2v) is 11.4. The van der Waals surface area contributed by atoms with Crippen molar-refractivity contribution in [2.45, 2.75) is 33.7 Å². The number of aliphatic carboxylic acids is 1. The van der Waals surface area contributed by atoms with Crippen LogP contribution in [-0.4, -0.2) is 52.0 Å². The van der Waals surface area contributed by atoms with Crippen molar-refractivity contribution in [1.29, 1.82) is 0 Å². The molecule has 0 radical (unpaired) electrons. The fraction of sp³-hybridized carbons (Fsp3) is 0.316. The van der Waals surface area contributed by atoms with Crippen LogP contribution in [0, 0.1) is 0 Å². The summed E-state index contributed by atoms with van der Waals surface area (Å²) in [6.45, 7) is -0.404. The van der Waals surface area contributed by atoms with Gasteiger partial charge in [0.15, 0.2) is 19.7 Å². The number of hydrogen-bond donors (Lipinski definition) is 1. The highest BCUT2D eigenvalue weighted by Crippen LogP contribution is 2.38. The molecule has 2 unspecified atom stereocenters. The lowest BCUT2D eigenvalue weighted by molar-refractivity contribution is -0.140. The molecule has 0 saturated carbocycles. The number of sulfone groups is 2. The standard InChI is InChI=1S/C19H18F3NO6S2/c1-30(26,27)13-6-4-5-12(9-13)23-11-14(10-16(23)18(24)25)31(28,29)17-8-3-2-7-15(17)19(20,21)22/h2-9,14,16H,10-11H2,1H3,(H,24,25). The minimum absolute atomic E-state index is 0.0946. The highest BCUT2D eigenvalue weighted by Gasteiger charge is 2.46. The number of alkyl halides is 3. The van der Waals surface area contributed by atoms with Crippen molar-refractivity contribution in [2.24, 2.45) is 0 Å². The van der Waals surface area contributed by atoms with E-state index in [9.17, 15) is 39.9 Å². The molecular weight excluding hydrogens is 459 g/mol. The van der Waals surface area contributed by atoms with Crippen LogP contribution in [-0.2, 0) is 30.6 Å². The predicted octanol–water partition coefficient (Wildman–Crippen LogP) is 2.61. The fourth-order valence-electron chi connectivity index (χ4n) is 3.56. The molecule has 12 heteroatoms. The van der Waals surface area contributed by atoms with E-state index in [1.165, 1.54) is 35.2 Å². The van der Waals surface area contributed by atoms with E-state index in [0.29, 0.717) is 6.07 Å². The maximum Gasteiger partial charge on any atom is 0.417 e. The Morgan fingerprint density at radius 2 is 1.71 bits per heavy atom. The van der Waals surface area contributed by atoms with Crippen molar-refractivity contribution in [3.05, 3.63) is 54.1 Å². The second-order valence-electron chi connectivity index (χ2n) is 7.17. The van der Waals surface area contributed by atoms with E-state index in [1.807, 2.05) is 0 Å². The molecule has 168 valence electrons. The predicted molar refractivity (Wildman–Crippen MR) is 105 cm³/mol. The van der Waals surface area contributed by atoms with E-state index in [4.69, 9.17) is 0 Å². The first kappa shape index (κ1) is 23.1. The summed E-state index contributed by atoms with van der Waals surface area (Å²) in [6, 6.07) is 7.70. The molecule has 3 rings (SSSR count). The number of halogens is 3. The largest absolute Gasteiger partial charge is 0.480 e. The van der Waals surface area contributed by atoms with Gasteiger partial charge in [-0.25, -0.2) is 21.6 Å². The number of carboxylic acid groups (broad SMARTS) is 1. The van der Waals surface area contributed by atoms with Gasteiger partial charge in [-0.2, -0.15) is 13.2 Å². The highest BCUT2D eigenvalue weighted by molar-refractivity contribution is 7.92. The Labute approximate surface area is 177 Å². The first-order chi connectivity index (χ1) is 14.2. The van der Waals surface area contributed by atoms with Gasteiger partial charge in [-0.15, -0.1) is 0 Å². The molecule has 7 nitrogen and oxygen atoms in total. The van der Waals surface area contributed by atoms with Crippen molar-refractivity contribution in [1.82, 2.24) is 0 Å². The SMILES string of the molecule is CS(=O)(=O)c1cccc(N2CC(S(=O)(=O)c3ccccc3C(F)(F)F)CC2C(=O)O)c1. The van der Waals surface area contributed by atoms with E-state index >= 15 is 0 Å². The van der Waals surface area contributed by atoms with E-state index in [0.717, 1.165) is 18.4 Å². The van der Waals surface area contributed by atoms with Gasteiger partial charge in [0.1, 0.15) is 6.04 Å². The zero-order chi connectivity index (χ0) is 23.2. The molecule has 0 aliphatic carbocycles. The van der Waals surface area contributed by atoms with Crippen LogP contribution in [0.25, 0.3) is 0 Å². The van der Waals surface area contributed by atoms with Crippen LogP contribution in [0.3, 0.4) is 0 Å². The van der Waals surface area contributed by atoms with Gasteiger partial charge in [-0.3, -0.25) is 0 Å². The lowest BCUT2D eigenvalue weighted by Gasteiger charge is -2.24. The molecule has 1 aliphatic rings. The maximum atomic E-state index is 13.3. The quantitative estimate of drug-likeness (QED) is 0.705. The Balaban J connectivity index is 2.04. The van der Waals surface area contributed by atoms with Gasteiger partial charge in [0.05, 0.1) is 20.6 Å². The molecule has 31 heavy (non-hydrogen) atoms. The number of hydrogen-bond acceptors (Lipinski definition) is 6. The first-order valence-corrected chi connectivity index (χ1v) is 12.4. The van der Waals surface area contributed by atoms with Crippen LogP contribution in [0.2, 0.25) is 0 Å². The third-order valence-corrected chi connectivity index (χ3v) is 8.36. The molecule has 1 heterocycles. The topological polar surface area (TPSA) is 109 Å². The summed E-state index contributed by atoms with van der Waals surface area (Å²) in [6.07, 6.45) is -4.39. The van der Waals surface area contributed by atoms with Crippen LogP contribution in [0.1, 0.15) is 12.0 Å². The summed E-state index contributed by atoms with van der Waals surface area (Å²) in [5.74, 6) is -1.37. The molecule has 0 aromatic heterocycles. The minimum atomic E-state index is -4.90. The molecule has 1 saturated heterocycles. The Morgan fingerprint density at radius 1 is 1.06 bits per heavy atom. The average molecular weight is 477 g/mol. The van der Waals surface area contributed by atoms with Gasteiger partial charge in [-0.1, -0.05) is 18.2 Å². The highest BCUT2D eigenvalue weighted by atomic mass is 32.2. The van der Waals surface area contributed by atoms with E-state index in [2.05, 4.69) is 0 Å². The summed E-state index contributed by atoms with van der Waals surface area (Å²) in [7, 11) is -8.16. The number of rotatable bonds is 5. The summed E-state index contributed by atoms with van der Waals surface area (Å²) < 4.78 is 89.8. The summed E-state index contributed by atoms with van der Waals surface area (Å²) >= 11 is 0. The Hall–Kier alpha value is -2.60. The zero-order valence-electron chi connectivity index (χ0n) is 16.1. The smallest absolute Gasteiger partial charge is 0.417 e. The third-order valence-electron chi connectivity index (χ3n) is 5.06. The summed E-state index contributed by atoms with van der Waals surface area (Å²) in [4.78, 5) is 11.9. The van der Waals surface area contributed by atoms with Crippen LogP contribution in [0.5, 0.6) is 0 Å². The molecule has 1 fully saturated rings. The Kier molecular flexibility index (Phi) is 5.82. The van der Waals surface area contributed by atoms with E-state index in [-0.39, 0.29) is 10.6 Å². The number of carboxylic acids is 1. The van der Waals surface area contributed by atoms with Crippen LogP contribution < -0.4 is 4.90 Å². The molecule has 0 amide bonds. The van der Waals surface area contributed by atoms with Crippen molar-refractivity contribution in [2.75, 3.05) is 17.7 Å². The van der Waals surface area contributed by atoms with E-state index in [1.54, 1.807) is 0 Å². The molecule has 2 aromatic rings. The lowest BCUT2D eigenvalue weighted by Crippen LogP contribution is -2.36. The number of benzene rings is 2. The van der Waals surface area contributed by atoms with Crippen LogP contribution >= 0.6 is 0 Å². The fourth-order valence-corrected chi connectivity index (χ4v) is 6.13. The Bertz CT molecular complexity index is 1230. The van der Waals surface area contributed by atoms with Gasteiger partial charge < -0.3 is 10.0 Å². The maximum absolute atomic E-state index is 13.3. The van der Waals surface area contributed by atoms with E-state index < -0.39 is 66.5 Å². The van der Waals surface area contributed by atoms with Crippen LogP contribution in [0.15, 0.2) is 58.3 Å². The number of carbonyl (C=O) groups is 1. The molecule has 2 aromatic carbocycles. The van der Waals surface area contributed by atoms with Gasteiger partial charge >= 0.3 is 12.1 Å². The monoisotopic (exact) mass is 477 g/mol. The third kappa shape index (κ3) is 4.54. The average Bonchev–Trinajstić information content (AvgIpc) is 3.13. The Morgan fingerprint density at radius 3 is 2.29 bits per heavy atom. The van der Waals surface area contributed by atoms with Crippen molar-refractivity contribution in [3.63, 3.8) is 0 Å². The number of nitrogens with zero attached hydrogens (tertiary/aromatic N) is 1. The van der Waals surface area contributed by atoms with Crippen molar-refractivity contribution in [3.8, 4) is 0 Å². The molecule has 1 N–H and O–H groups in total. The molecule has 0 spiro atoms. The van der Waals surface area contributed by atoms with Gasteiger partial charge in [0, 0.05) is 18.5 Å². The molecule has 0 bridgehead atoms. The summed E-state index contributed by atoms with van der Waals surface area (Å²) in [5, 5.41) is 8.15. The lowest BCUT2D eigenvalue weighted by atomic mass is 10.2. The number of anilines is 1. The normalized spacial score (nSPS) is 20.1. The molecule has 1 aliphatic heterocycles. The minimum Gasteiger partial charge on any atom is -0.480 e.